The number of hydrogen-bond acceptors (Lipinski definition) is 7. The van der Waals surface area contributed by atoms with Crippen LogP contribution < -0.4 is 9.74 Å². The van der Waals surface area contributed by atoms with Gasteiger partial charge in [0, 0.05) is 87.7 Å². The van der Waals surface area contributed by atoms with E-state index in [9.17, 15) is 19.8 Å². The molecule has 10 nitrogen and oxygen atoms in total. The molecule has 0 radical (unpaired) electrons. The highest BCUT2D eigenvalue weighted by Crippen LogP contribution is 2.31. The number of likely N-dealkylation sites (tertiary alicyclic amines) is 1. The van der Waals surface area contributed by atoms with E-state index in [4.69, 9.17) is 16.4 Å². The number of anilines is 1. The third kappa shape index (κ3) is 5.75. The van der Waals surface area contributed by atoms with Crippen molar-refractivity contribution in [3.05, 3.63) is 40.9 Å². The van der Waals surface area contributed by atoms with E-state index in [-0.39, 0.29) is 17.7 Å². The summed E-state index contributed by atoms with van der Waals surface area (Å²) in [5.74, 6) is -0.254. The summed E-state index contributed by atoms with van der Waals surface area (Å²) in [5.41, 5.74) is 2.28. The summed E-state index contributed by atoms with van der Waals surface area (Å²) in [6.45, 7) is 6.44. The maximum Gasteiger partial charge on any atom is 0.434 e. The lowest BCUT2D eigenvalue weighted by Gasteiger charge is -2.37. The lowest BCUT2D eigenvalue weighted by atomic mass is 9.94. The van der Waals surface area contributed by atoms with Crippen LogP contribution in [0.3, 0.4) is 0 Å². The molecule has 3 fully saturated rings. The number of carbonyl (C=O) groups excluding carboxylic acids is 2. The summed E-state index contributed by atoms with van der Waals surface area (Å²) in [6.07, 6.45) is 3.32. The average Bonchev–Trinajstić information content (AvgIpc) is 3.56. The second kappa shape index (κ2) is 11.1. The Morgan fingerprint density at radius 1 is 0.865 bits per heavy atom. The van der Waals surface area contributed by atoms with Crippen LogP contribution in [0.1, 0.15) is 31.2 Å². The molecule has 0 atom stereocenters. The second-order valence-electron chi connectivity index (χ2n) is 10.0. The van der Waals surface area contributed by atoms with E-state index in [0.717, 1.165) is 64.1 Å². The number of hydrogen-bond donors (Lipinski definition) is 2. The van der Waals surface area contributed by atoms with E-state index in [1.165, 1.54) is 17.7 Å². The van der Waals surface area contributed by atoms with Gasteiger partial charge in [0.05, 0.1) is 0 Å². The molecule has 3 aliphatic heterocycles. The van der Waals surface area contributed by atoms with Gasteiger partial charge in [-0.05, 0) is 43.4 Å². The minimum absolute atomic E-state index is 0.111. The van der Waals surface area contributed by atoms with E-state index in [1.807, 2.05) is 17.0 Å². The first-order valence-corrected chi connectivity index (χ1v) is 13.4. The Labute approximate surface area is 221 Å². The van der Waals surface area contributed by atoms with Gasteiger partial charge in [-0.1, -0.05) is 17.7 Å². The van der Waals surface area contributed by atoms with Crippen molar-refractivity contribution in [1.82, 2.24) is 19.4 Å². The molecule has 2 amide bonds. The number of piperidine rings is 1. The quantitative estimate of drug-likeness (QED) is 0.611. The van der Waals surface area contributed by atoms with Gasteiger partial charge in [-0.15, -0.1) is 4.73 Å². The Hall–Kier alpha value is -3.11. The zero-order valence-electron chi connectivity index (χ0n) is 20.9. The van der Waals surface area contributed by atoms with Crippen LogP contribution in [-0.4, -0.2) is 94.0 Å². The summed E-state index contributed by atoms with van der Waals surface area (Å²) >= 11 is 6.38. The molecule has 0 saturated carbocycles. The van der Waals surface area contributed by atoms with Crippen molar-refractivity contribution in [1.29, 1.82) is 0 Å². The highest BCUT2D eigenvalue weighted by Gasteiger charge is 2.31. The number of aromatic hydroxyl groups is 2. The van der Waals surface area contributed by atoms with E-state index in [1.54, 1.807) is 4.90 Å². The van der Waals surface area contributed by atoms with Crippen LogP contribution in [0.2, 0.25) is 5.02 Å². The Balaban J connectivity index is 1.16. The SMILES string of the molecule is O=C(On1c(O)ccc1O)N1CCN(Cc2ccc(Cl)cc2N2CCC(C(=O)N3CCCC3)CC2)CC1. The lowest BCUT2D eigenvalue weighted by Crippen LogP contribution is -2.50. The van der Waals surface area contributed by atoms with Crippen molar-refractivity contribution in [2.45, 2.75) is 32.2 Å². The Morgan fingerprint density at radius 2 is 1.51 bits per heavy atom. The molecular weight excluding hydrogens is 498 g/mol. The van der Waals surface area contributed by atoms with Crippen LogP contribution in [-0.2, 0) is 11.3 Å². The number of carbonyl (C=O) groups is 2. The van der Waals surface area contributed by atoms with Gasteiger partial charge >= 0.3 is 6.09 Å². The smallest absolute Gasteiger partial charge is 0.434 e. The van der Waals surface area contributed by atoms with E-state index in [0.29, 0.717) is 41.8 Å². The summed E-state index contributed by atoms with van der Waals surface area (Å²) < 4.78 is 0.705. The Bertz CT molecular complexity index is 1100. The van der Waals surface area contributed by atoms with Crippen LogP contribution in [0, 0.1) is 5.92 Å². The summed E-state index contributed by atoms with van der Waals surface area (Å²) in [4.78, 5) is 38.7. The fourth-order valence-corrected chi connectivity index (χ4v) is 5.66. The Kier molecular flexibility index (Phi) is 7.66. The molecule has 0 spiro atoms. The molecular formula is C26H34ClN5O5. The molecule has 0 bridgehead atoms. The summed E-state index contributed by atoms with van der Waals surface area (Å²) in [7, 11) is 0. The fourth-order valence-electron chi connectivity index (χ4n) is 5.49. The monoisotopic (exact) mass is 531 g/mol. The predicted octanol–water partition coefficient (Wildman–Crippen LogP) is 2.76. The van der Waals surface area contributed by atoms with Gasteiger partial charge in [0.25, 0.3) is 0 Å². The first-order chi connectivity index (χ1) is 17.9. The highest BCUT2D eigenvalue weighted by molar-refractivity contribution is 6.30. The molecule has 1 aromatic heterocycles. The number of rotatable bonds is 5. The molecule has 3 aliphatic rings. The van der Waals surface area contributed by atoms with Crippen molar-refractivity contribution in [2.75, 3.05) is 57.3 Å². The molecule has 37 heavy (non-hydrogen) atoms. The van der Waals surface area contributed by atoms with Crippen molar-refractivity contribution < 1.29 is 24.6 Å². The maximum atomic E-state index is 12.8. The third-order valence-electron chi connectivity index (χ3n) is 7.64. The minimum atomic E-state index is -0.625. The molecule has 11 heteroatoms. The van der Waals surface area contributed by atoms with Gasteiger partial charge in [-0.25, -0.2) is 4.79 Å². The zero-order valence-corrected chi connectivity index (χ0v) is 21.6. The van der Waals surface area contributed by atoms with Gasteiger partial charge in [0.2, 0.25) is 17.7 Å². The lowest BCUT2D eigenvalue weighted by molar-refractivity contribution is -0.135. The van der Waals surface area contributed by atoms with Crippen LogP contribution in [0.15, 0.2) is 30.3 Å². The van der Waals surface area contributed by atoms with Crippen LogP contribution in [0.25, 0.3) is 0 Å². The number of amides is 2. The molecule has 2 aromatic rings. The molecule has 5 rings (SSSR count). The molecule has 4 heterocycles. The normalized spacial score (nSPS) is 19.4. The number of nitrogens with zero attached hydrogens (tertiary/aromatic N) is 5. The number of aromatic nitrogens is 1. The number of benzene rings is 1. The molecule has 0 aliphatic carbocycles. The van der Waals surface area contributed by atoms with Crippen LogP contribution >= 0.6 is 11.6 Å². The van der Waals surface area contributed by atoms with E-state index in [2.05, 4.69) is 15.9 Å². The molecule has 1 aromatic carbocycles. The van der Waals surface area contributed by atoms with Gasteiger partial charge in [0.1, 0.15) is 0 Å². The minimum Gasteiger partial charge on any atom is -0.492 e. The standard InChI is InChI=1S/C26H34ClN5O5/c27-21-4-3-20(22(17-21)29-11-7-19(8-12-29)25(35)30-9-1-2-10-30)18-28-13-15-31(16-14-28)26(36)37-32-23(33)5-6-24(32)34/h3-6,17,19,33-34H,1-2,7-16,18H2. The van der Waals surface area contributed by atoms with Gasteiger partial charge in [-0.3, -0.25) is 9.69 Å². The third-order valence-corrected chi connectivity index (χ3v) is 7.88. The predicted molar refractivity (Wildman–Crippen MR) is 139 cm³/mol. The maximum absolute atomic E-state index is 12.8. The van der Waals surface area contributed by atoms with E-state index >= 15 is 0 Å². The van der Waals surface area contributed by atoms with Crippen molar-refractivity contribution in [3.8, 4) is 11.8 Å². The molecule has 2 N–H and O–H groups in total. The number of halogens is 1. The highest BCUT2D eigenvalue weighted by atomic mass is 35.5. The van der Waals surface area contributed by atoms with Crippen LogP contribution in [0.4, 0.5) is 10.5 Å². The van der Waals surface area contributed by atoms with Gasteiger partial charge in [0.15, 0.2) is 0 Å². The van der Waals surface area contributed by atoms with Crippen molar-refractivity contribution in [2.24, 2.45) is 5.92 Å². The molecule has 3 saturated heterocycles. The van der Waals surface area contributed by atoms with E-state index < -0.39 is 6.09 Å². The largest absolute Gasteiger partial charge is 0.492 e. The first-order valence-electron chi connectivity index (χ1n) is 13.0. The average molecular weight is 532 g/mol. The van der Waals surface area contributed by atoms with Gasteiger partial charge < -0.3 is 29.8 Å². The first kappa shape index (κ1) is 25.5. The molecule has 0 unspecified atom stereocenters. The van der Waals surface area contributed by atoms with Crippen molar-refractivity contribution >= 4 is 29.3 Å². The number of piperazine rings is 1. The Morgan fingerprint density at radius 3 is 2.16 bits per heavy atom. The van der Waals surface area contributed by atoms with Crippen molar-refractivity contribution in [3.63, 3.8) is 0 Å². The second-order valence-corrected chi connectivity index (χ2v) is 10.5. The molecule has 200 valence electrons. The summed E-state index contributed by atoms with van der Waals surface area (Å²) in [5, 5.41) is 20.1. The van der Waals surface area contributed by atoms with Crippen LogP contribution in [0.5, 0.6) is 11.8 Å². The van der Waals surface area contributed by atoms with Gasteiger partial charge in [-0.2, -0.15) is 0 Å². The fraction of sp³-hybridized carbons (Fsp3) is 0.538. The topological polar surface area (TPSA) is 102 Å². The summed E-state index contributed by atoms with van der Waals surface area (Å²) in [6, 6.07) is 8.49. The zero-order chi connectivity index (χ0) is 25.9.